The molecular formula is C21H22N4O2S. The van der Waals surface area contributed by atoms with Gasteiger partial charge in [0.05, 0.1) is 5.71 Å². The summed E-state index contributed by atoms with van der Waals surface area (Å²) in [6, 6.07) is 19.4. The van der Waals surface area contributed by atoms with Gasteiger partial charge in [0.25, 0.3) is 0 Å². The molecule has 2 aromatic carbocycles. The van der Waals surface area contributed by atoms with Gasteiger partial charge in [-0.3, -0.25) is 9.59 Å². The van der Waals surface area contributed by atoms with Crippen molar-refractivity contribution in [3.63, 3.8) is 0 Å². The Hall–Kier alpha value is -2.93. The van der Waals surface area contributed by atoms with Crippen LogP contribution in [0.25, 0.3) is 0 Å². The van der Waals surface area contributed by atoms with Crippen molar-refractivity contribution in [2.24, 2.45) is 10.2 Å². The second-order valence-corrected chi connectivity index (χ2v) is 7.43. The summed E-state index contributed by atoms with van der Waals surface area (Å²) < 4.78 is 0. The molecule has 0 radical (unpaired) electrons. The van der Waals surface area contributed by atoms with Gasteiger partial charge in [-0.2, -0.15) is 5.10 Å². The van der Waals surface area contributed by atoms with Crippen molar-refractivity contribution in [1.29, 1.82) is 0 Å². The molecule has 0 saturated carbocycles. The smallest absolute Gasteiger partial charge is 0.240 e. The third kappa shape index (κ3) is 5.53. The molecule has 2 aromatic rings. The fraction of sp³-hybridized carbons (Fsp3) is 0.238. The van der Waals surface area contributed by atoms with Crippen molar-refractivity contribution in [2.75, 3.05) is 0 Å². The van der Waals surface area contributed by atoms with Gasteiger partial charge in [-0.15, -0.1) is 5.10 Å². The lowest BCUT2D eigenvalue weighted by Crippen LogP contribution is -2.31. The lowest BCUT2D eigenvalue weighted by atomic mass is 10.1. The number of thioether (sulfide) groups is 1. The highest BCUT2D eigenvalue weighted by Crippen LogP contribution is 2.22. The van der Waals surface area contributed by atoms with Crippen molar-refractivity contribution in [3.8, 4) is 0 Å². The van der Waals surface area contributed by atoms with Crippen LogP contribution in [0.1, 0.15) is 30.9 Å². The molecule has 1 atom stereocenters. The number of nitrogens with zero attached hydrogens (tertiary/aromatic N) is 2. The third-order valence-corrected chi connectivity index (χ3v) is 5.26. The van der Waals surface area contributed by atoms with Crippen molar-refractivity contribution in [2.45, 2.75) is 31.6 Å². The van der Waals surface area contributed by atoms with Crippen LogP contribution in [-0.2, 0) is 16.1 Å². The zero-order valence-corrected chi connectivity index (χ0v) is 16.4. The number of carbonyl (C=O) groups is 2. The van der Waals surface area contributed by atoms with E-state index in [1.54, 1.807) is 0 Å². The minimum absolute atomic E-state index is 0.103. The number of rotatable bonds is 7. The van der Waals surface area contributed by atoms with Gasteiger partial charge in [0.1, 0.15) is 5.25 Å². The molecule has 1 fully saturated rings. The molecule has 2 N–H and O–H groups in total. The predicted octanol–water partition coefficient (Wildman–Crippen LogP) is 3.09. The zero-order chi connectivity index (χ0) is 19.8. The van der Waals surface area contributed by atoms with Gasteiger partial charge in [-0.1, -0.05) is 79.3 Å². The largest absolute Gasteiger partial charge is 0.352 e. The van der Waals surface area contributed by atoms with Gasteiger partial charge in [0.15, 0.2) is 5.17 Å². The van der Waals surface area contributed by atoms with E-state index < -0.39 is 5.25 Å². The number of nitrogens with one attached hydrogen (secondary N) is 2. The second-order valence-electron chi connectivity index (χ2n) is 6.23. The molecule has 28 heavy (non-hydrogen) atoms. The molecule has 1 heterocycles. The lowest BCUT2D eigenvalue weighted by Gasteiger charge is -2.07. The van der Waals surface area contributed by atoms with E-state index in [9.17, 15) is 9.59 Å². The average Bonchev–Trinajstić information content (AvgIpc) is 3.07. The lowest BCUT2D eigenvalue weighted by molar-refractivity contribution is -0.125. The first-order valence-electron chi connectivity index (χ1n) is 9.13. The monoisotopic (exact) mass is 394 g/mol. The molecular weight excluding hydrogens is 372 g/mol. The summed E-state index contributed by atoms with van der Waals surface area (Å²) in [6.45, 7) is 2.45. The summed E-state index contributed by atoms with van der Waals surface area (Å²) >= 11 is 1.24. The number of amides is 2. The summed E-state index contributed by atoms with van der Waals surface area (Å²) in [5.74, 6) is -0.383. The SMILES string of the molecule is CC/C(=N\N=C1/NC(=O)[C@@H](CC(=O)NCc2ccccc2)S1)c1ccccc1. The topological polar surface area (TPSA) is 82.9 Å². The Morgan fingerprint density at radius 1 is 1.11 bits per heavy atom. The van der Waals surface area contributed by atoms with Gasteiger partial charge >= 0.3 is 0 Å². The van der Waals surface area contributed by atoms with E-state index in [1.165, 1.54) is 11.8 Å². The van der Waals surface area contributed by atoms with Crippen LogP contribution in [0.3, 0.4) is 0 Å². The molecule has 1 aliphatic heterocycles. The summed E-state index contributed by atoms with van der Waals surface area (Å²) in [5.41, 5.74) is 2.86. The Balaban J connectivity index is 1.56. The Morgan fingerprint density at radius 2 is 1.79 bits per heavy atom. The maximum atomic E-state index is 12.2. The molecule has 7 heteroatoms. The highest BCUT2D eigenvalue weighted by molar-refractivity contribution is 8.15. The van der Waals surface area contributed by atoms with Crippen molar-refractivity contribution in [1.82, 2.24) is 10.6 Å². The number of hydrogen-bond donors (Lipinski definition) is 2. The van der Waals surface area contributed by atoms with Gasteiger partial charge in [-0.05, 0) is 17.5 Å². The molecule has 1 saturated heterocycles. The van der Waals surface area contributed by atoms with Crippen molar-refractivity contribution in [3.05, 3.63) is 71.8 Å². The minimum atomic E-state index is -0.494. The van der Waals surface area contributed by atoms with Gasteiger partial charge < -0.3 is 10.6 Å². The number of amidine groups is 1. The van der Waals surface area contributed by atoms with Crippen LogP contribution >= 0.6 is 11.8 Å². The maximum absolute atomic E-state index is 12.2. The Bertz CT molecular complexity index is 882. The maximum Gasteiger partial charge on any atom is 0.240 e. The van der Waals surface area contributed by atoms with E-state index >= 15 is 0 Å². The fourth-order valence-corrected chi connectivity index (χ4v) is 3.61. The summed E-state index contributed by atoms with van der Waals surface area (Å²) in [5, 5.41) is 13.9. The third-order valence-electron chi connectivity index (χ3n) is 4.18. The first-order chi connectivity index (χ1) is 13.7. The molecule has 144 valence electrons. The van der Waals surface area contributed by atoms with Gasteiger partial charge in [0, 0.05) is 13.0 Å². The highest BCUT2D eigenvalue weighted by atomic mass is 32.2. The number of carbonyl (C=O) groups excluding carboxylic acids is 2. The average molecular weight is 395 g/mol. The van der Waals surface area contributed by atoms with E-state index in [2.05, 4.69) is 20.8 Å². The van der Waals surface area contributed by atoms with Crippen LogP contribution in [0, 0.1) is 0 Å². The van der Waals surface area contributed by atoms with Crippen molar-refractivity contribution < 1.29 is 9.59 Å². The van der Waals surface area contributed by atoms with Crippen LogP contribution < -0.4 is 10.6 Å². The molecule has 0 aromatic heterocycles. The minimum Gasteiger partial charge on any atom is -0.352 e. The summed E-state index contributed by atoms with van der Waals surface area (Å²) in [4.78, 5) is 24.3. The first-order valence-corrected chi connectivity index (χ1v) is 10.0. The van der Waals surface area contributed by atoms with Crippen LogP contribution in [0.15, 0.2) is 70.9 Å². The summed E-state index contributed by atoms with van der Waals surface area (Å²) in [7, 11) is 0. The van der Waals surface area contributed by atoms with Crippen LogP contribution in [0.4, 0.5) is 0 Å². The molecule has 0 spiro atoms. The van der Waals surface area contributed by atoms with E-state index in [1.807, 2.05) is 67.6 Å². The predicted molar refractivity (Wildman–Crippen MR) is 113 cm³/mol. The fourth-order valence-electron chi connectivity index (χ4n) is 2.69. The van der Waals surface area contributed by atoms with E-state index in [4.69, 9.17) is 0 Å². The Morgan fingerprint density at radius 3 is 2.46 bits per heavy atom. The second kappa shape index (κ2) is 9.85. The molecule has 0 bridgehead atoms. The molecule has 2 amide bonds. The van der Waals surface area contributed by atoms with Crippen molar-refractivity contribution >= 4 is 34.5 Å². The number of benzene rings is 2. The normalized spacial score (nSPS) is 18.2. The Labute approximate surface area is 168 Å². The van der Waals surface area contributed by atoms with Crippen LogP contribution in [0.5, 0.6) is 0 Å². The molecule has 3 rings (SSSR count). The van der Waals surface area contributed by atoms with E-state index in [0.29, 0.717) is 11.7 Å². The summed E-state index contributed by atoms with van der Waals surface area (Å²) in [6.07, 6.45) is 0.829. The van der Waals surface area contributed by atoms with Crippen LogP contribution in [-0.4, -0.2) is 27.9 Å². The Kier molecular flexibility index (Phi) is 6.97. The highest BCUT2D eigenvalue weighted by Gasteiger charge is 2.32. The standard InChI is InChI=1S/C21H22N4O2S/c1-2-17(16-11-7-4-8-12-16)24-25-21-23-20(27)18(28-21)13-19(26)22-14-15-9-5-3-6-10-15/h3-12,18H,2,13-14H2,1H3,(H,22,26)(H,23,25,27)/b24-17+/t18-/m1/s1. The van der Waals surface area contributed by atoms with E-state index in [-0.39, 0.29) is 18.2 Å². The zero-order valence-electron chi connectivity index (χ0n) is 15.6. The van der Waals surface area contributed by atoms with Gasteiger partial charge in [0.2, 0.25) is 11.8 Å². The quantitative estimate of drug-likeness (QED) is 0.559. The molecule has 6 nitrogen and oxygen atoms in total. The van der Waals surface area contributed by atoms with E-state index in [0.717, 1.165) is 23.3 Å². The molecule has 0 unspecified atom stereocenters. The molecule has 1 aliphatic rings. The van der Waals surface area contributed by atoms with Crippen LogP contribution in [0.2, 0.25) is 0 Å². The van der Waals surface area contributed by atoms with Gasteiger partial charge in [-0.25, -0.2) is 0 Å². The first kappa shape index (κ1) is 19.8. The number of hydrogen-bond acceptors (Lipinski definition) is 5. The molecule has 0 aliphatic carbocycles.